The van der Waals surface area contributed by atoms with E-state index in [1.807, 2.05) is 24.3 Å². The van der Waals surface area contributed by atoms with Crippen molar-refractivity contribution in [1.29, 1.82) is 0 Å². The highest BCUT2D eigenvalue weighted by Crippen LogP contribution is 2.23. The number of nitrogen functional groups attached to an aromatic ring is 1. The standard InChI is InChI=1S/C12H10BrN3O2/c13-7-2-1-3-8(4-7)16-10-6-15-11(14)5-9(10)12(17)18/h1-6,16H,(H2,14,15)(H,17,18). The van der Waals surface area contributed by atoms with Crippen molar-refractivity contribution in [3.63, 3.8) is 0 Å². The first kappa shape index (κ1) is 12.4. The number of nitrogens with zero attached hydrogens (tertiary/aromatic N) is 1. The van der Waals surface area contributed by atoms with E-state index in [1.165, 1.54) is 12.3 Å². The lowest BCUT2D eigenvalue weighted by atomic mass is 10.2. The van der Waals surface area contributed by atoms with Crippen LogP contribution in [0.3, 0.4) is 0 Å². The molecule has 0 spiro atoms. The van der Waals surface area contributed by atoms with Crippen LogP contribution in [0, 0.1) is 0 Å². The molecule has 1 aromatic carbocycles. The minimum absolute atomic E-state index is 0.0856. The number of nitrogens with one attached hydrogen (secondary N) is 1. The highest BCUT2D eigenvalue weighted by molar-refractivity contribution is 9.10. The van der Waals surface area contributed by atoms with E-state index in [9.17, 15) is 4.79 Å². The van der Waals surface area contributed by atoms with Crippen LogP contribution in [0.1, 0.15) is 10.4 Å². The van der Waals surface area contributed by atoms with E-state index in [0.29, 0.717) is 5.69 Å². The Hall–Kier alpha value is -2.08. The number of pyridine rings is 1. The van der Waals surface area contributed by atoms with Crippen LogP contribution in [0.4, 0.5) is 17.2 Å². The Morgan fingerprint density at radius 2 is 2.17 bits per heavy atom. The second-order valence-corrected chi connectivity index (χ2v) is 4.51. The molecule has 0 aliphatic carbocycles. The minimum atomic E-state index is -1.05. The molecule has 1 aromatic heterocycles. The number of benzene rings is 1. The number of nitrogens with two attached hydrogens (primary N) is 1. The number of aromatic carboxylic acids is 1. The van der Waals surface area contributed by atoms with Crippen LogP contribution in [-0.2, 0) is 0 Å². The van der Waals surface area contributed by atoms with Gasteiger partial charge in [0.1, 0.15) is 5.82 Å². The average Bonchev–Trinajstić information content (AvgIpc) is 2.31. The maximum atomic E-state index is 11.1. The molecule has 18 heavy (non-hydrogen) atoms. The molecule has 6 heteroatoms. The van der Waals surface area contributed by atoms with Gasteiger partial charge in [0.2, 0.25) is 0 Å². The fourth-order valence-electron chi connectivity index (χ4n) is 1.47. The molecule has 0 atom stereocenters. The van der Waals surface area contributed by atoms with E-state index >= 15 is 0 Å². The molecule has 0 saturated heterocycles. The van der Waals surface area contributed by atoms with Gasteiger partial charge in [-0.25, -0.2) is 9.78 Å². The van der Waals surface area contributed by atoms with Gasteiger partial charge >= 0.3 is 5.97 Å². The van der Waals surface area contributed by atoms with Crippen LogP contribution >= 0.6 is 15.9 Å². The molecule has 4 N–H and O–H groups in total. The van der Waals surface area contributed by atoms with Crippen LogP contribution < -0.4 is 11.1 Å². The van der Waals surface area contributed by atoms with Crippen molar-refractivity contribution in [2.24, 2.45) is 0 Å². The van der Waals surface area contributed by atoms with E-state index in [-0.39, 0.29) is 11.4 Å². The molecular formula is C12H10BrN3O2. The Morgan fingerprint density at radius 3 is 2.83 bits per heavy atom. The normalized spacial score (nSPS) is 10.1. The number of carboxylic acids is 1. The molecule has 0 bridgehead atoms. The van der Waals surface area contributed by atoms with Crippen LogP contribution in [0.15, 0.2) is 41.0 Å². The fraction of sp³-hybridized carbons (Fsp3) is 0. The Balaban J connectivity index is 2.37. The van der Waals surface area contributed by atoms with Crippen LogP contribution in [0.25, 0.3) is 0 Å². The summed E-state index contributed by atoms with van der Waals surface area (Å²) in [6, 6.07) is 8.71. The largest absolute Gasteiger partial charge is 0.478 e. The van der Waals surface area contributed by atoms with Gasteiger partial charge in [-0.1, -0.05) is 22.0 Å². The molecular weight excluding hydrogens is 298 g/mol. The van der Waals surface area contributed by atoms with E-state index in [4.69, 9.17) is 10.8 Å². The molecule has 0 fully saturated rings. The van der Waals surface area contributed by atoms with Crippen LogP contribution in [0.5, 0.6) is 0 Å². The first-order chi connectivity index (χ1) is 8.56. The van der Waals surface area contributed by atoms with E-state index < -0.39 is 5.97 Å². The van der Waals surface area contributed by atoms with Crippen molar-refractivity contribution in [1.82, 2.24) is 4.98 Å². The number of carbonyl (C=O) groups is 1. The average molecular weight is 308 g/mol. The molecule has 2 aromatic rings. The number of halogens is 1. The molecule has 0 aliphatic heterocycles. The second-order valence-electron chi connectivity index (χ2n) is 3.60. The summed E-state index contributed by atoms with van der Waals surface area (Å²) in [7, 11) is 0. The molecule has 0 amide bonds. The van der Waals surface area contributed by atoms with Gasteiger partial charge in [0.05, 0.1) is 17.4 Å². The van der Waals surface area contributed by atoms with Gasteiger partial charge in [0.15, 0.2) is 0 Å². The highest BCUT2D eigenvalue weighted by atomic mass is 79.9. The number of hydrogen-bond donors (Lipinski definition) is 3. The fourth-order valence-corrected chi connectivity index (χ4v) is 1.87. The Morgan fingerprint density at radius 1 is 1.39 bits per heavy atom. The Kier molecular flexibility index (Phi) is 3.47. The molecule has 92 valence electrons. The third kappa shape index (κ3) is 2.78. The second kappa shape index (κ2) is 5.05. The molecule has 2 rings (SSSR count). The zero-order valence-electron chi connectivity index (χ0n) is 9.22. The zero-order valence-corrected chi connectivity index (χ0v) is 10.8. The molecule has 0 aliphatic rings. The van der Waals surface area contributed by atoms with Crippen LogP contribution in [0.2, 0.25) is 0 Å². The predicted octanol–water partition coefficient (Wildman–Crippen LogP) is 2.87. The third-order valence-electron chi connectivity index (χ3n) is 2.26. The maximum Gasteiger partial charge on any atom is 0.338 e. The summed E-state index contributed by atoms with van der Waals surface area (Å²) in [5.74, 6) is -0.881. The van der Waals surface area contributed by atoms with Gasteiger partial charge in [-0.05, 0) is 24.3 Å². The summed E-state index contributed by atoms with van der Waals surface area (Å²) in [6.07, 6.45) is 1.40. The number of anilines is 3. The lowest BCUT2D eigenvalue weighted by Gasteiger charge is -2.09. The van der Waals surface area contributed by atoms with Gasteiger partial charge in [0.25, 0.3) is 0 Å². The summed E-state index contributed by atoms with van der Waals surface area (Å²) in [4.78, 5) is 15.0. The zero-order chi connectivity index (χ0) is 13.1. The van der Waals surface area contributed by atoms with Crippen molar-refractivity contribution < 1.29 is 9.90 Å². The number of carboxylic acid groups (broad SMARTS) is 1. The Labute approximate surface area is 112 Å². The predicted molar refractivity (Wildman–Crippen MR) is 73.0 cm³/mol. The highest BCUT2D eigenvalue weighted by Gasteiger charge is 2.11. The van der Waals surface area contributed by atoms with Gasteiger partial charge in [-0.15, -0.1) is 0 Å². The maximum absolute atomic E-state index is 11.1. The lowest BCUT2D eigenvalue weighted by molar-refractivity contribution is 0.0698. The first-order valence-electron chi connectivity index (χ1n) is 5.07. The van der Waals surface area contributed by atoms with Crippen molar-refractivity contribution in [3.8, 4) is 0 Å². The molecule has 0 radical (unpaired) electrons. The van der Waals surface area contributed by atoms with E-state index in [0.717, 1.165) is 10.2 Å². The van der Waals surface area contributed by atoms with Crippen molar-refractivity contribution in [2.75, 3.05) is 11.1 Å². The van der Waals surface area contributed by atoms with E-state index in [2.05, 4.69) is 26.2 Å². The van der Waals surface area contributed by atoms with Crippen molar-refractivity contribution in [3.05, 3.63) is 46.6 Å². The van der Waals surface area contributed by atoms with Crippen molar-refractivity contribution >= 4 is 39.1 Å². The number of rotatable bonds is 3. The van der Waals surface area contributed by atoms with E-state index in [1.54, 1.807) is 0 Å². The summed E-state index contributed by atoms with van der Waals surface area (Å²) in [5, 5.41) is 12.1. The third-order valence-corrected chi connectivity index (χ3v) is 2.75. The molecule has 5 nitrogen and oxygen atoms in total. The monoisotopic (exact) mass is 307 g/mol. The molecule has 0 saturated carbocycles. The summed E-state index contributed by atoms with van der Waals surface area (Å²) in [6.45, 7) is 0. The number of hydrogen-bond acceptors (Lipinski definition) is 4. The number of aromatic nitrogens is 1. The minimum Gasteiger partial charge on any atom is -0.478 e. The summed E-state index contributed by atoms with van der Waals surface area (Å²) in [5.41, 5.74) is 6.72. The van der Waals surface area contributed by atoms with Crippen LogP contribution in [-0.4, -0.2) is 16.1 Å². The quantitative estimate of drug-likeness (QED) is 0.811. The van der Waals surface area contributed by atoms with Crippen molar-refractivity contribution in [2.45, 2.75) is 0 Å². The molecule has 0 unspecified atom stereocenters. The van der Waals surface area contributed by atoms with Gasteiger partial charge < -0.3 is 16.2 Å². The smallest absolute Gasteiger partial charge is 0.338 e. The van der Waals surface area contributed by atoms with Gasteiger partial charge in [-0.2, -0.15) is 0 Å². The molecule has 1 heterocycles. The Bertz CT molecular complexity index is 602. The van der Waals surface area contributed by atoms with Gasteiger partial charge in [0, 0.05) is 10.2 Å². The SMILES string of the molecule is Nc1cc(C(=O)O)c(Nc2cccc(Br)c2)cn1. The topological polar surface area (TPSA) is 88.2 Å². The lowest BCUT2D eigenvalue weighted by Crippen LogP contribution is -2.05. The van der Waals surface area contributed by atoms with Gasteiger partial charge in [-0.3, -0.25) is 0 Å². The summed E-state index contributed by atoms with van der Waals surface area (Å²) >= 11 is 3.34. The first-order valence-corrected chi connectivity index (χ1v) is 5.87. The summed E-state index contributed by atoms with van der Waals surface area (Å²) < 4.78 is 0.896.